The topological polar surface area (TPSA) is 116 Å². The first-order valence-corrected chi connectivity index (χ1v) is 11.8. The van der Waals surface area contributed by atoms with Crippen molar-refractivity contribution < 1.29 is 19.4 Å². The fraction of sp³-hybridized carbons (Fsp3) is 0. The van der Waals surface area contributed by atoms with Crippen molar-refractivity contribution in [3.63, 3.8) is 0 Å². The molecule has 0 atom stereocenters. The van der Waals surface area contributed by atoms with Crippen molar-refractivity contribution >= 4 is 92.9 Å². The molecule has 31 heavy (non-hydrogen) atoms. The molecular weight excluding hydrogens is 687 g/mol. The second kappa shape index (κ2) is 11.3. The monoisotopic (exact) mass is 696 g/mol. The van der Waals surface area contributed by atoms with E-state index in [-0.39, 0.29) is 15.6 Å². The van der Waals surface area contributed by atoms with Gasteiger partial charge < -0.3 is 21.3 Å². The van der Waals surface area contributed by atoms with Crippen molar-refractivity contribution in [2.24, 2.45) is 5.73 Å². The van der Waals surface area contributed by atoms with Crippen LogP contribution in [0.1, 0.15) is 20.7 Å². The largest absolute Gasteiger partial charge is 0.478 e. The Bertz CT molecular complexity index is 1040. The van der Waals surface area contributed by atoms with Crippen LogP contribution in [0.15, 0.2) is 66.4 Å². The third kappa shape index (κ3) is 6.69. The molecule has 0 aliphatic rings. The van der Waals surface area contributed by atoms with E-state index in [1.807, 2.05) is 24.3 Å². The molecule has 0 fully saturated rings. The Morgan fingerprint density at radius 1 is 0.774 bits per heavy atom. The number of nitrogen functional groups attached to an aromatic ring is 1. The minimum Gasteiger partial charge on any atom is -0.478 e. The first-order chi connectivity index (χ1) is 14.5. The van der Waals surface area contributed by atoms with Gasteiger partial charge in [0.25, 0.3) is 5.91 Å². The van der Waals surface area contributed by atoms with Gasteiger partial charge in [0, 0.05) is 28.6 Å². The molecular formula is C20H13Br4ClN2O4. The molecule has 1 amide bonds. The molecule has 11 heteroatoms. The summed E-state index contributed by atoms with van der Waals surface area (Å²) in [5.74, 6) is -0.552. The van der Waals surface area contributed by atoms with Gasteiger partial charge in [-0.1, -0.05) is 11.6 Å². The van der Waals surface area contributed by atoms with E-state index in [1.165, 1.54) is 0 Å². The Hall–Kier alpha value is -1.59. The number of benzene rings is 3. The zero-order chi connectivity index (χ0) is 23.3. The van der Waals surface area contributed by atoms with Gasteiger partial charge in [0.05, 0.1) is 11.1 Å². The number of primary amides is 1. The van der Waals surface area contributed by atoms with Gasteiger partial charge in [-0.3, -0.25) is 4.79 Å². The maximum absolute atomic E-state index is 11.2. The van der Waals surface area contributed by atoms with E-state index < -0.39 is 11.9 Å². The Balaban J connectivity index is 0.000000220. The summed E-state index contributed by atoms with van der Waals surface area (Å²) in [7, 11) is 0. The number of carboxylic acids is 1. The van der Waals surface area contributed by atoms with Crippen molar-refractivity contribution in [2.75, 3.05) is 5.73 Å². The summed E-state index contributed by atoms with van der Waals surface area (Å²) < 4.78 is 7.13. The molecule has 0 unspecified atom stereocenters. The summed E-state index contributed by atoms with van der Waals surface area (Å²) in [4.78, 5) is 22.3. The molecule has 0 aliphatic heterocycles. The Morgan fingerprint density at radius 3 is 1.61 bits per heavy atom. The van der Waals surface area contributed by atoms with Crippen LogP contribution in [0.2, 0.25) is 5.02 Å². The average molecular weight is 700 g/mol. The second-order valence-corrected chi connectivity index (χ2v) is 9.41. The van der Waals surface area contributed by atoms with Gasteiger partial charge in [0.1, 0.15) is 11.5 Å². The number of ether oxygens (including phenoxy) is 1. The van der Waals surface area contributed by atoms with Crippen molar-refractivity contribution in [3.8, 4) is 11.5 Å². The molecule has 0 heterocycles. The highest BCUT2D eigenvalue weighted by Crippen LogP contribution is 2.42. The zero-order valence-electron chi connectivity index (χ0n) is 15.3. The number of hydrogen-bond acceptors (Lipinski definition) is 4. The van der Waals surface area contributed by atoms with Crippen molar-refractivity contribution in [1.29, 1.82) is 0 Å². The molecule has 3 aromatic rings. The van der Waals surface area contributed by atoms with E-state index in [0.717, 1.165) is 17.2 Å². The minimum atomic E-state index is -1.24. The van der Waals surface area contributed by atoms with E-state index in [0.29, 0.717) is 18.4 Å². The molecule has 0 bridgehead atoms. The van der Waals surface area contributed by atoms with E-state index in [9.17, 15) is 9.59 Å². The van der Waals surface area contributed by atoms with Crippen LogP contribution < -0.4 is 16.2 Å². The number of amides is 1. The third-order valence-corrected chi connectivity index (χ3v) is 8.68. The number of rotatable bonds is 4. The number of hydrogen-bond donors (Lipinski definition) is 3. The predicted octanol–water partition coefficient (Wildman–Crippen LogP) is 7.25. The van der Waals surface area contributed by atoms with Gasteiger partial charge in [-0.25, -0.2) is 4.79 Å². The maximum atomic E-state index is 11.2. The van der Waals surface area contributed by atoms with Crippen LogP contribution in [0.4, 0.5) is 5.69 Å². The minimum absolute atomic E-state index is 0.0885. The van der Waals surface area contributed by atoms with Crippen LogP contribution in [0.5, 0.6) is 11.5 Å². The molecule has 162 valence electrons. The van der Waals surface area contributed by atoms with Crippen LogP contribution in [0.25, 0.3) is 0 Å². The summed E-state index contributed by atoms with van der Waals surface area (Å²) in [6.45, 7) is 0. The molecule has 0 aliphatic carbocycles. The Labute approximate surface area is 216 Å². The molecule has 0 spiro atoms. The van der Waals surface area contributed by atoms with Crippen LogP contribution in [0, 0.1) is 0 Å². The van der Waals surface area contributed by atoms with Gasteiger partial charge in [-0.05, 0) is 112 Å². The number of nitrogens with two attached hydrogens (primary N) is 2. The number of carbonyl (C=O) groups is 2. The molecule has 5 N–H and O–H groups in total. The Kier molecular flexibility index (Phi) is 9.38. The van der Waals surface area contributed by atoms with Gasteiger partial charge >= 0.3 is 5.97 Å². The molecule has 6 nitrogen and oxygen atoms in total. The number of anilines is 1. The fourth-order valence-electron chi connectivity index (χ4n) is 2.24. The lowest BCUT2D eigenvalue weighted by molar-refractivity contribution is 0.0690. The van der Waals surface area contributed by atoms with E-state index >= 15 is 0 Å². The fourth-order valence-corrected chi connectivity index (χ4v) is 4.85. The smallest absolute Gasteiger partial charge is 0.337 e. The lowest BCUT2D eigenvalue weighted by Crippen LogP contribution is -2.18. The summed E-state index contributed by atoms with van der Waals surface area (Å²) >= 11 is 18.4. The maximum Gasteiger partial charge on any atom is 0.337 e. The van der Waals surface area contributed by atoms with E-state index in [1.54, 1.807) is 24.3 Å². The molecule has 0 aromatic heterocycles. The first-order valence-electron chi connectivity index (χ1n) is 8.21. The van der Waals surface area contributed by atoms with Crippen molar-refractivity contribution in [2.45, 2.75) is 0 Å². The summed E-state index contributed by atoms with van der Waals surface area (Å²) in [5, 5.41) is 9.73. The van der Waals surface area contributed by atoms with Crippen LogP contribution in [-0.2, 0) is 0 Å². The van der Waals surface area contributed by atoms with Gasteiger partial charge in [-0.2, -0.15) is 0 Å². The molecule has 0 saturated carbocycles. The van der Waals surface area contributed by atoms with Crippen molar-refractivity contribution in [3.05, 3.63) is 82.6 Å². The summed E-state index contributed by atoms with van der Waals surface area (Å²) in [5.41, 5.74) is 11.2. The highest BCUT2D eigenvalue weighted by Gasteiger charge is 2.26. The zero-order valence-corrected chi connectivity index (χ0v) is 22.4. The van der Waals surface area contributed by atoms with Crippen LogP contribution >= 0.6 is 75.3 Å². The number of carboxylic acid groups (broad SMARTS) is 1. The SMILES string of the molecule is NC(=O)c1c(Br)c(Br)c(Br)c(Br)c1C(=O)O.Nc1ccc(Oc2ccc(Cl)cc2)cc1. The van der Waals surface area contributed by atoms with Crippen LogP contribution in [0.3, 0.4) is 0 Å². The van der Waals surface area contributed by atoms with E-state index in [2.05, 4.69) is 63.7 Å². The van der Waals surface area contributed by atoms with Crippen LogP contribution in [-0.4, -0.2) is 17.0 Å². The van der Waals surface area contributed by atoms with Gasteiger partial charge in [0.2, 0.25) is 0 Å². The highest BCUT2D eigenvalue weighted by molar-refractivity contribution is 9.15. The highest BCUT2D eigenvalue weighted by atomic mass is 79.9. The van der Waals surface area contributed by atoms with Crippen molar-refractivity contribution in [1.82, 2.24) is 0 Å². The standard InChI is InChI=1S/C12H10ClNO.C8H3Br4NO3/c13-9-1-5-11(6-2-9)15-12-7-3-10(14)4-8-12;9-3-1(7(13)14)2(8(15)16)4(10)6(12)5(3)11/h1-8H,14H2;(H2,13,14)(H,15,16). The number of halogens is 5. The molecule has 3 aromatic carbocycles. The number of carbonyl (C=O) groups excluding carboxylic acids is 1. The quantitative estimate of drug-likeness (QED) is 0.151. The first kappa shape index (κ1) is 25.7. The lowest BCUT2D eigenvalue weighted by Gasteiger charge is -2.11. The normalized spacial score (nSPS) is 10.1. The Morgan fingerprint density at radius 2 is 1.19 bits per heavy atom. The van der Waals surface area contributed by atoms with Gasteiger partial charge in [-0.15, -0.1) is 0 Å². The average Bonchev–Trinajstić information content (AvgIpc) is 2.72. The van der Waals surface area contributed by atoms with Gasteiger partial charge in [0.15, 0.2) is 0 Å². The summed E-state index contributed by atoms with van der Waals surface area (Å²) in [6, 6.07) is 14.4. The third-order valence-electron chi connectivity index (χ3n) is 3.66. The second-order valence-electron chi connectivity index (χ2n) is 5.80. The summed E-state index contributed by atoms with van der Waals surface area (Å²) in [6.07, 6.45) is 0. The molecule has 0 saturated heterocycles. The van der Waals surface area contributed by atoms with E-state index in [4.69, 9.17) is 32.9 Å². The number of aromatic carboxylic acids is 1. The lowest BCUT2D eigenvalue weighted by atomic mass is 10.1. The predicted molar refractivity (Wildman–Crippen MR) is 135 cm³/mol. The molecule has 3 rings (SSSR count). The molecule has 0 radical (unpaired) electrons.